The minimum Gasteiger partial charge on any atom is -0.456 e. The molecule has 1 unspecified atom stereocenters. The van der Waals surface area contributed by atoms with E-state index in [1.807, 2.05) is 0 Å². The molecule has 1 heterocycles. The molecule has 0 aromatic rings. The van der Waals surface area contributed by atoms with Crippen LogP contribution in [0.1, 0.15) is 0 Å². The average Bonchev–Trinajstić information content (AvgIpc) is 2.17. The zero-order valence-corrected chi connectivity index (χ0v) is 5.78. The summed E-state index contributed by atoms with van der Waals surface area (Å²) in [7, 11) is 0. The van der Waals surface area contributed by atoms with Crippen LogP contribution in [-0.4, -0.2) is 40.4 Å². The van der Waals surface area contributed by atoms with Crippen LogP contribution in [-0.2, 0) is 9.53 Å². The number of hydrogen-bond acceptors (Lipinski definition) is 4. The second-order valence-electron chi connectivity index (χ2n) is 2.07. The van der Waals surface area contributed by atoms with Crippen LogP contribution in [0.5, 0.6) is 0 Å². The molecule has 4 nitrogen and oxygen atoms in total. The molecule has 0 bridgehead atoms. The molecule has 0 amide bonds. The van der Waals surface area contributed by atoms with Crippen molar-refractivity contribution < 1.29 is 19.7 Å². The van der Waals surface area contributed by atoms with Gasteiger partial charge in [-0.05, 0) is 0 Å². The summed E-state index contributed by atoms with van der Waals surface area (Å²) >= 11 is 5.28. The molecule has 10 heavy (non-hydrogen) atoms. The lowest BCUT2D eigenvalue weighted by atomic mass is 10.2. The molecule has 1 saturated heterocycles. The van der Waals surface area contributed by atoms with Crippen molar-refractivity contribution in [2.75, 3.05) is 5.88 Å². The Morgan fingerprint density at radius 3 is 2.40 bits per heavy atom. The van der Waals surface area contributed by atoms with E-state index >= 15 is 0 Å². The van der Waals surface area contributed by atoms with Crippen molar-refractivity contribution in [2.45, 2.75) is 18.3 Å². The van der Waals surface area contributed by atoms with Crippen molar-refractivity contribution in [1.82, 2.24) is 0 Å². The van der Waals surface area contributed by atoms with Gasteiger partial charge in [0.2, 0.25) is 0 Å². The molecule has 2 N–H and O–H groups in total. The SMILES string of the molecule is O=C1OC(CCl)[C@@H](O)[C@H]1O. The number of cyclic esters (lactones) is 1. The first-order valence-electron chi connectivity index (χ1n) is 2.79. The Labute approximate surface area is 62.4 Å². The molecule has 0 saturated carbocycles. The summed E-state index contributed by atoms with van der Waals surface area (Å²) in [6, 6.07) is 0. The minimum atomic E-state index is -1.43. The summed E-state index contributed by atoms with van der Waals surface area (Å²) in [6.45, 7) is 0. The average molecular weight is 167 g/mol. The van der Waals surface area contributed by atoms with Crippen molar-refractivity contribution >= 4 is 17.6 Å². The smallest absolute Gasteiger partial charge is 0.338 e. The molecule has 0 aliphatic carbocycles. The van der Waals surface area contributed by atoms with E-state index < -0.39 is 24.3 Å². The van der Waals surface area contributed by atoms with Crippen molar-refractivity contribution in [1.29, 1.82) is 0 Å². The zero-order chi connectivity index (χ0) is 7.72. The Balaban J connectivity index is 2.61. The number of aliphatic hydroxyl groups excluding tert-OH is 2. The maximum atomic E-state index is 10.5. The number of aliphatic hydroxyl groups is 2. The highest BCUT2D eigenvalue weighted by Crippen LogP contribution is 2.16. The minimum absolute atomic E-state index is 0.00394. The van der Waals surface area contributed by atoms with Gasteiger partial charge >= 0.3 is 5.97 Å². The number of alkyl halides is 1. The van der Waals surface area contributed by atoms with E-state index in [4.69, 9.17) is 21.8 Å². The molecular formula is C5H7ClO4. The Morgan fingerprint density at radius 2 is 2.20 bits per heavy atom. The first-order valence-corrected chi connectivity index (χ1v) is 3.33. The number of carbonyl (C=O) groups is 1. The van der Waals surface area contributed by atoms with Crippen LogP contribution in [0.25, 0.3) is 0 Å². The Kier molecular flexibility index (Phi) is 2.13. The lowest BCUT2D eigenvalue weighted by molar-refractivity contribution is -0.146. The fourth-order valence-electron chi connectivity index (χ4n) is 0.754. The molecule has 58 valence electrons. The van der Waals surface area contributed by atoms with Gasteiger partial charge in [-0.2, -0.15) is 0 Å². The van der Waals surface area contributed by atoms with Crippen LogP contribution in [0, 0.1) is 0 Å². The fraction of sp³-hybridized carbons (Fsp3) is 0.800. The van der Waals surface area contributed by atoms with Gasteiger partial charge in [-0.15, -0.1) is 11.6 Å². The Hall–Kier alpha value is -0.320. The van der Waals surface area contributed by atoms with Crippen LogP contribution in [0.4, 0.5) is 0 Å². The van der Waals surface area contributed by atoms with Crippen LogP contribution >= 0.6 is 11.6 Å². The summed E-state index contributed by atoms with van der Waals surface area (Å²) in [5.41, 5.74) is 0. The molecule has 1 fully saturated rings. The number of carbonyl (C=O) groups excluding carboxylic acids is 1. The molecular weight excluding hydrogens is 160 g/mol. The predicted octanol–water partition coefficient (Wildman–Crippen LogP) is -1.13. The topological polar surface area (TPSA) is 66.8 Å². The third-order valence-corrected chi connectivity index (χ3v) is 1.67. The Morgan fingerprint density at radius 1 is 1.60 bits per heavy atom. The fourth-order valence-corrected chi connectivity index (χ4v) is 1.000. The van der Waals surface area contributed by atoms with Crippen molar-refractivity contribution in [3.05, 3.63) is 0 Å². The third kappa shape index (κ3) is 1.10. The first kappa shape index (κ1) is 7.78. The predicted molar refractivity (Wildman–Crippen MR) is 32.6 cm³/mol. The van der Waals surface area contributed by atoms with Gasteiger partial charge in [0, 0.05) is 0 Å². The maximum Gasteiger partial charge on any atom is 0.338 e. The largest absolute Gasteiger partial charge is 0.456 e. The molecule has 0 radical (unpaired) electrons. The number of hydrogen-bond donors (Lipinski definition) is 2. The lowest BCUT2D eigenvalue weighted by Gasteiger charge is -2.07. The van der Waals surface area contributed by atoms with Crippen molar-refractivity contribution in [3.8, 4) is 0 Å². The number of ether oxygens (including phenoxy) is 1. The normalized spacial score (nSPS) is 39.9. The second-order valence-corrected chi connectivity index (χ2v) is 2.37. The summed E-state index contributed by atoms with van der Waals surface area (Å²) in [6.07, 6.45) is -3.36. The molecule has 5 heteroatoms. The quantitative estimate of drug-likeness (QED) is 0.382. The summed E-state index contributed by atoms with van der Waals surface area (Å²) in [5.74, 6) is -0.803. The zero-order valence-electron chi connectivity index (χ0n) is 5.03. The first-order chi connectivity index (χ1) is 4.66. The molecule has 3 atom stereocenters. The van der Waals surface area contributed by atoms with Gasteiger partial charge < -0.3 is 14.9 Å². The highest BCUT2D eigenvalue weighted by molar-refractivity contribution is 6.18. The number of halogens is 1. The van der Waals surface area contributed by atoms with E-state index in [0.29, 0.717) is 0 Å². The Bertz CT molecular complexity index is 149. The van der Waals surface area contributed by atoms with Gasteiger partial charge in [-0.25, -0.2) is 4.79 Å². The molecule has 1 aliphatic rings. The summed E-state index contributed by atoms with van der Waals surface area (Å²) < 4.78 is 4.46. The molecule has 1 rings (SSSR count). The standard InChI is InChI=1S/C5H7ClO4/c6-1-2-3(7)4(8)5(9)10-2/h2-4,7-8H,1H2/t2?,3-,4-/m1/s1. The third-order valence-electron chi connectivity index (χ3n) is 1.37. The molecule has 0 aromatic carbocycles. The van der Waals surface area contributed by atoms with Crippen molar-refractivity contribution in [2.24, 2.45) is 0 Å². The maximum absolute atomic E-state index is 10.5. The highest BCUT2D eigenvalue weighted by atomic mass is 35.5. The van der Waals surface area contributed by atoms with Gasteiger partial charge in [0.05, 0.1) is 5.88 Å². The van der Waals surface area contributed by atoms with Gasteiger partial charge in [0.25, 0.3) is 0 Å². The van der Waals surface area contributed by atoms with E-state index in [0.717, 1.165) is 0 Å². The van der Waals surface area contributed by atoms with E-state index in [1.165, 1.54) is 0 Å². The lowest BCUT2D eigenvalue weighted by Crippen LogP contribution is -2.31. The molecule has 1 aliphatic heterocycles. The van der Waals surface area contributed by atoms with E-state index in [9.17, 15) is 4.79 Å². The van der Waals surface area contributed by atoms with Crippen LogP contribution in [0.3, 0.4) is 0 Å². The number of rotatable bonds is 1. The summed E-state index contributed by atoms with van der Waals surface area (Å²) in [5, 5.41) is 17.7. The summed E-state index contributed by atoms with van der Waals surface area (Å²) in [4.78, 5) is 10.5. The van der Waals surface area contributed by atoms with Crippen LogP contribution in [0.2, 0.25) is 0 Å². The van der Waals surface area contributed by atoms with E-state index in [2.05, 4.69) is 4.74 Å². The van der Waals surface area contributed by atoms with Crippen LogP contribution < -0.4 is 0 Å². The van der Waals surface area contributed by atoms with Gasteiger partial charge in [0.1, 0.15) is 12.2 Å². The molecule has 0 aromatic heterocycles. The molecule has 0 spiro atoms. The highest BCUT2D eigenvalue weighted by Gasteiger charge is 2.41. The van der Waals surface area contributed by atoms with Gasteiger partial charge in [-0.3, -0.25) is 0 Å². The second kappa shape index (κ2) is 2.74. The van der Waals surface area contributed by atoms with Gasteiger partial charge in [0.15, 0.2) is 6.10 Å². The monoisotopic (exact) mass is 166 g/mol. The van der Waals surface area contributed by atoms with E-state index in [1.54, 1.807) is 0 Å². The number of esters is 1. The van der Waals surface area contributed by atoms with Gasteiger partial charge in [-0.1, -0.05) is 0 Å². The van der Waals surface area contributed by atoms with Crippen molar-refractivity contribution in [3.63, 3.8) is 0 Å². The van der Waals surface area contributed by atoms with E-state index in [-0.39, 0.29) is 5.88 Å². The van der Waals surface area contributed by atoms with Crippen LogP contribution in [0.15, 0.2) is 0 Å².